The van der Waals surface area contributed by atoms with E-state index in [0.717, 1.165) is 31.5 Å². The van der Waals surface area contributed by atoms with Gasteiger partial charge in [-0.15, -0.1) is 11.3 Å². The van der Waals surface area contributed by atoms with Crippen LogP contribution in [0.4, 0.5) is 0 Å². The first-order valence-corrected chi connectivity index (χ1v) is 8.15. The summed E-state index contributed by atoms with van der Waals surface area (Å²) in [5.41, 5.74) is 3.76. The van der Waals surface area contributed by atoms with Gasteiger partial charge >= 0.3 is 0 Å². The van der Waals surface area contributed by atoms with Crippen molar-refractivity contribution in [1.82, 2.24) is 4.90 Å². The molecule has 102 valence electrons. The average Bonchev–Trinajstić information content (AvgIpc) is 3.05. The van der Waals surface area contributed by atoms with E-state index in [1.165, 1.54) is 34.1 Å². The van der Waals surface area contributed by atoms with Crippen molar-refractivity contribution in [2.45, 2.75) is 32.2 Å². The fraction of sp³-hybridized carbons (Fsp3) is 0.353. The largest absolute Gasteiger partial charge is 0.331 e. The van der Waals surface area contributed by atoms with Crippen LogP contribution in [0.15, 0.2) is 40.8 Å². The zero-order chi connectivity index (χ0) is 13.5. The van der Waals surface area contributed by atoms with Crippen LogP contribution in [-0.4, -0.2) is 17.4 Å². The molecule has 1 aliphatic heterocycles. The first kappa shape index (κ1) is 12.2. The molecule has 3 heteroatoms. The van der Waals surface area contributed by atoms with Crippen molar-refractivity contribution in [2.24, 2.45) is 0 Å². The fourth-order valence-electron chi connectivity index (χ4n) is 3.36. The van der Waals surface area contributed by atoms with E-state index < -0.39 is 0 Å². The van der Waals surface area contributed by atoms with Crippen molar-refractivity contribution < 1.29 is 4.79 Å². The van der Waals surface area contributed by atoms with Crippen LogP contribution >= 0.6 is 11.3 Å². The molecule has 1 amide bonds. The van der Waals surface area contributed by atoms with Gasteiger partial charge in [0, 0.05) is 23.4 Å². The van der Waals surface area contributed by atoms with Gasteiger partial charge in [-0.1, -0.05) is 6.07 Å². The standard InChI is InChI=1S/C17H17NOS/c19-17-15-4-2-1-3-14(15)11-18(17)10-12-5-6-16-13(9-12)7-8-20-16/h5-9H,1-4,10-11H2. The minimum absolute atomic E-state index is 0.283. The number of fused-ring (bicyclic) bond motifs is 1. The van der Waals surface area contributed by atoms with E-state index in [9.17, 15) is 4.79 Å². The highest BCUT2D eigenvalue weighted by atomic mass is 32.1. The number of carbonyl (C=O) groups is 1. The second-order valence-electron chi connectivity index (χ2n) is 5.74. The molecule has 2 heterocycles. The zero-order valence-electron chi connectivity index (χ0n) is 11.4. The summed E-state index contributed by atoms with van der Waals surface area (Å²) in [5.74, 6) is 0.283. The Labute approximate surface area is 122 Å². The summed E-state index contributed by atoms with van der Waals surface area (Å²) in [4.78, 5) is 14.4. The lowest BCUT2D eigenvalue weighted by atomic mass is 9.94. The molecule has 0 bridgehead atoms. The molecular weight excluding hydrogens is 266 g/mol. The minimum atomic E-state index is 0.283. The summed E-state index contributed by atoms with van der Waals surface area (Å²) >= 11 is 1.77. The highest BCUT2D eigenvalue weighted by Gasteiger charge is 2.31. The second kappa shape index (κ2) is 4.74. The van der Waals surface area contributed by atoms with Crippen molar-refractivity contribution in [3.05, 3.63) is 46.4 Å². The van der Waals surface area contributed by atoms with Crippen molar-refractivity contribution in [1.29, 1.82) is 0 Å². The molecule has 2 aliphatic rings. The van der Waals surface area contributed by atoms with E-state index in [-0.39, 0.29) is 5.91 Å². The van der Waals surface area contributed by atoms with Gasteiger partial charge in [0.25, 0.3) is 0 Å². The molecule has 1 aliphatic carbocycles. The zero-order valence-corrected chi connectivity index (χ0v) is 12.2. The van der Waals surface area contributed by atoms with Crippen LogP contribution < -0.4 is 0 Å². The Morgan fingerprint density at radius 1 is 1.15 bits per heavy atom. The molecular formula is C17H17NOS. The summed E-state index contributed by atoms with van der Waals surface area (Å²) in [7, 11) is 0. The normalized spacial score (nSPS) is 19.0. The number of benzene rings is 1. The minimum Gasteiger partial charge on any atom is -0.331 e. The van der Waals surface area contributed by atoms with Gasteiger partial charge in [-0.25, -0.2) is 0 Å². The Bertz CT molecular complexity index is 713. The third-order valence-corrected chi connectivity index (χ3v) is 5.30. The number of amides is 1. The summed E-state index contributed by atoms with van der Waals surface area (Å²) in [6.07, 6.45) is 4.55. The molecule has 0 N–H and O–H groups in total. The maximum atomic E-state index is 12.4. The topological polar surface area (TPSA) is 20.3 Å². The SMILES string of the molecule is O=C1C2=C(CCCC2)CN1Cc1ccc2sccc2c1. The first-order chi connectivity index (χ1) is 9.81. The van der Waals surface area contributed by atoms with E-state index >= 15 is 0 Å². The molecule has 1 aromatic heterocycles. The Morgan fingerprint density at radius 3 is 2.95 bits per heavy atom. The third-order valence-electron chi connectivity index (χ3n) is 4.40. The van der Waals surface area contributed by atoms with Crippen LogP contribution in [0.2, 0.25) is 0 Å². The predicted octanol–water partition coefficient (Wildman–Crippen LogP) is 4.11. The van der Waals surface area contributed by atoms with Gasteiger partial charge in [-0.05, 0) is 65.8 Å². The summed E-state index contributed by atoms with van der Waals surface area (Å²) in [5, 5.41) is 3.41. The fourth-order valence-corrected chi connectivity index (χ4v) is 4.13. The van der Waals surface area contributed by atoms with Crippen LogP contribution in [0.1, 0.15) is 31.2 Å². The smallest absolute Gasteiger partial charge is 0.250 e. The van der Waals surface area contributed by atoms with E-state index in [1.807, 2.05) is 4.90 Å². The van der Waals surface area contributed by atoms with E-state index in [0.29, 0.717) is 0 Å². The average molecular weight is 283 g/mol. The molecule has 1 aromatic carbocycles. The lowest BCUT2D eigenvalue weighted by molar-refractivity contribution is -0.126. The number of thiophene rings is 1. The Hall–Kier alpha value is -1.61. The third kappa shape index (κ3) is 1.97. The molecule has 20 heavy (non-hydrogen) atoms. The Morgan fingerprint density at radius 2 is 2.05 bits per heavy atom. The van der Waals surface area contributed by atoms with Gasteiger partial charge in [0.1, 0.15) is 0 Å². The highest BCUT2D eigenvalue weighted by molar-refractivity contribution is 7.17. The number of hydrogen-bond acceptors (Lipinski definition) is 2. The number of rotatable bonds is 2. The Kier molecular flexibility index (Phi) is 2.88. The quantitative estimate of drug-likeness (QED) is 0.812. The van der Waals surface area contributed by atoms with Crippen molar-refractivity contribution in [3.8, 4) is 0 Å². The van der Waals surface area contributed by atoms with E-state index in [1.54, 1.807) is 11.3 Å². The lowest BCUT2D eigenvalue weighted by Gasteiger charge is -2.17. The molecule has 0 radical (unpaired) electrons. The molecule has 0 spiro atoms. The lowest BCUT2D eigenvalue weighted by Crippen LogP contribution is -2.26. The summed E-state index contributed by atoms with van der Waals surface area (Å²) < 4.78 is 1.32. The summed E-state index contributed by atoms with van der Waals surface area (Å²) in [6.45, 7) is 1.60. The molecule has 0 atom stereocenters. The highest BCUT2D eigenvalue weighted by Crippen LogP contribution is 2.33. The van der Waals surface area contributed by atoms with Crippen LogP contribution in [0.5, 0.6) is 0 Å². The van der Waals surface area contributed by atoms with E-state index in [2.05, 4.69) is 29.6 Å². The van der Waals surface area contributed by atoms with Gasteiger partial charge in [0.2, 0.25) is 5.91 Å². The number of carbonyl (C=O) groups excluding carboxylic acids is 1. The van der Waals surface area contributed by atoms with Gasteiger partial charge in [-0.2, -0.15) is 0 Å². The monoisotopic (exact) mass is 283 g/mol. The molecule has 0 saturated heterocycles. The van der Waals surface area contributed by atoms with Gasteiger partial charge < -0.3 is 4.90 Å². The number of hydrogen-bond donors (Lipinski definition) is 0. The molecule has 0 saturated carbocycles. The van der Waals surface area contributed by atoms with Crippen LogP contribution in [-0.2, 0) is 11.3 Å². The van der Waals surface area contributed by atoms with Gasteiger partial charge in [-0.3, -0.25) is 4.79 Å². The molecule has 2 nitrogen and oxygen atoms in total. The van der Waals surface area contributed by atoms with Crippen molar-refractivity contribution >= 4 is 27.3 Å². The predicted molar refractivity (Wildman–Crippen MR) is 82.7 cm³/mol. The summed E-state index contributed by atoms with van der Waals surface area (Å²) in [6, 6.07) is 8.70. The van der Waals surface area contributed by atoms with Crippen LogP contribution in [0.25, 0.3) is 10.1 Å². The van der Waals surface area contributed by atoms with E-state index in [4.69, 9.17) is 0 Å². The molecule has 0 fully saturated rings. The first-order valence-electron chi connectivity index (χ1n) is 7.27. The van der Waals surface area contributed by atoms with Crippen LogP contribution in [0.3, 0.4) is 0 Å². The van der Waals surface area contributed by atoms with Crippen molar-refractivity contribution in [2.75, 3.05) is 6.54 Å². The molecule has 4 rings (SSSR count). The maximum Gasteiger partial charge on any atom is 0.250 e. The molecule has 2 aromatic rings. The second-order valence-corrected chi connectivity index (χ2v) is 6.69. The van der Waals surface area contributed by atoms with Crippen molar-refractivity contribution in [3.63, 3.8) is 0 Å². The van der Waals surface area contributed by atoms with Gasteiger partial charge in [0.15, 0.2) is 0 Å². The maximum absolute atomic E-state index is 12.4. The van der Waals surface area contributed by atoms with Gasteiger partial charge in [0.05, 0.1) is 0 Å². The van der Waals surface area contributed by atoms with Crippen LogP contribution in [0, 0.1) is 0 Å². The molecule has 0 unspecified atom stereocenters. The Balaban J connectivity index is 1.56. The number of nitrogens with zero attached hydrogens (tertiary/aromatic N) is 1.